The van der Waals surface area contributed by atoms with E-state index < -0.39 is 23.0 Å². The number of imidazole rings is 1. The molecule has 2 atom stereocenters. The van der Waals surface area contributed by atoms with Crippen molar-refractivity contribution in [2.24, 2.45) is 0 Å². The number of carbonyl (C=O) groups excluding carboxylic acids is 1. The van der Waals surface area contributed by atoms with Crippen LogP contribution in [0.25, 0.3) is 0 Å². The van der Waals surface area contributed by atoms with Gasteiger partial charge in [-0.2, -0.15) is 0 Å². The Labute approximate surface area is 209 Å². The minimum atomic E-state index is -0.609. The number of non-ortho nitro benzene ring substituents is 1. The number of likely N-dealkylation sites (tertiary alicyclic amines) is 1. The predicted octanol–water partition coefficient (Wildman–Crippen LogP) is 4.85. The number of benzene rings is 2. The minimum Gasteiger partial charge on any atom is -0.453 e. The number of anilines is 1. The highest BCUT2D eigenvalue weighted by atomic mass is 16.6. The molecule has 1 aromatic heterocycles. The molecule has 1 saturated heterocycles. The van der Waals surface area contributed by atoms with Gasteiger partial charge in [0.2, 0.25) is 5.95 Å². The summed E-state index contributed by atoms with van der Waals surface area (Å²) >= 11 is 0. The van der Waals surface area contributed by atoms with Crippen molar-refractivity contribution in [2.45, 2.75) is 38.3 Å². The number of carbonyl (C=O) groups is 1. The van der Waals surface area contributed by atoms with Gasteiger partial charge in [-0.25, -0.2) is 9.78 Å². The van der Waals surface area contributed by atoms with Crippen LogP contribution in [-0.4, -0.2) is 45.0 Å². The number of hydrogen-bond acceptors (Lipinski definition) is 7. The molecule has 3 aromatic rings. The number of hydrogen-bond donors (Lipinski definition) is 1. The predicted molar refractivity (Wildman–Crippen MR) is 135 cm³/mol. The molecule has 9 nitrogen and oxygen atoms in total. The third kappa shape index (κ3) is 4.87. The molecule has 0 radical (unpaired) electrons. The molecule has 2 unspecified atom stereocenters. The molecule has 3 heterocycles. The maximum Gasteiger partial charge on any atom is 0.338 e. The number of piperidine rings is 1. The topological polar surface area (TPSA) is 103 Å². The number of ether oxygens (including phenoxy) is 1. The number of nitrogens with one attached hydrogen (secondary N) is 1. The van der Waals surface area contributed by atoms with Crippen LogP contribution in [0.5, 0.6) is 0 Å². The van der Waals surface area contributed by atoms with Gasteiger partial charge in [0.1, 0.15) is 6.10 Å². The fraction of sp³-hybridized carbons (Fsp3) is 0.333. The van der Waals surface area contributed by atoms with Crippen molar-refractivity contribution in [1.29, 1.82) is 0 Å². The van der Waals surface area contributed by atoms with E-state index in [-0.39, 0.29) is 5.69 Å². The lowest BCUT2D eigenvalue weighted by molar-refractivity contribution is -0.384. The van der Waals surface area contributed by atoms with Crippen molar-refractivity contribution in [2.75, 3.05) is 25.0 Å². The molecule has 0 amide bonds. The summed E-state index contributed by atoms with van der Waals surface area (Å²) in [4.78, 5) is 31.6. The number of allylic oxidation sites excluding steroid dienone is 1. The molecule has 0 spiro atoms. The van der Waals surface area contributed by atoms with Gasteiger partial charge in [0.15, 0.2) is 0 Å². The first-order valence-corrected chi connectivity index (χ1v) is 12.2. The molecular formula is C27H29N5O4. The lowest BCUT2D eigenvalue weighted by Crippen LogP contribution is -2.36. The normalized spacial score (nSPS) is 18.8. The van der Waals surface area contributed by atoms with Crippen molar-refractivity contribution in [3.63, 3.8) is 0 Å². The van der Waals surface area contributed by atoms with Gasteiger partial charge < -0.3 is 14.6 Å². The Kier molecular flexibility index (Phi) is 6.81. The highest BCUT2D eigenvalue weighted by Gasteiger charge is 2.35. The summed E-state index contributed by atoms with van der Waals surface area (Å²) in [6, 6.07) is 15.6. The summed E-state index contributed by atoms with van der Waals surface area (Å²) in [7, 11) is 0. The number of nitro benzene ring substituents is 1. The van der Waals surface area contributed by atoms with Gasteiger partial charge in [-0.15, -0.1) is 0 Å². The summed E-state index contributed by atoms with van der Waals surface area (Å²) in [5.74, 6) is 0.107. The van der Waals surface area contributed by atoms with Crippen molar-refractivity contribution in [3.05, 3.63) is 99.5 Å². The van der Waals surface area contributed by atoms with Gasteiger partial charge in [0.05, 0.1) is 16.5 Å². The van der Waals surface area contributed by atoms with E-state index >= 15 is 0 Å². The van der Waals surface area contributed by atoms with Crippen LogP contribution in [0.2, 0.25) is 0 Å². The Morgan fingerprint density at radius 2 is 1.94 bits per heavy atom. The zero-order valence-electron chi connectivity index (χ0n) is 20.2. The molecule has 9 heteroatoms. The van der Waals surface area contributed by atoms with Crippen LogP contribution >= 0.6 is 0 Å². The molecule has 1 fully saturated rings. The van der Waals surface area contributed by atoms with Gasteiger partial charge in [-0.1, -0.05) is 48.9 Å². The van der Waals surface area contributed by atoms with Crippen molar-refractivity contribution < 1.29 is 14.5 Å². The second-order valence-corrected chi connectivity index (χ2v) is 9.24. The Hall–Kier alpha value is -3.98. The monoisotopic (exact) mass is 487 g/mol. The third-order valence-corrected chi connectivity index (χ3v) is 6.83. The van der Waals surface area contributed by atoms with Crippen LogP contribution < -0.4 is 5.32 Å². The molecule has 5 rings (SSSR count). The average molecular weight is 488 g/mol. The van der Waals surface area contributed by atoms with Crippen LogP contribution in [0.15, 0.2) is 78.3 Å². The second-order valence-electron chi connectivity index (χ2n) is 9.24. The fourth-order valence-corrected chi connectivity index (χ4v) is 5.05. The highest BCUT2D eigenvalue weighted by Crippen LogP contribution is 2.38. The summed E-state index contributed by atoms with van der Waals surface area (Å²) in [5.41, 5.74) is 2.53. The second kappa shape index (κ2) is 10.3. The zero-order valence-corrected chi connectivity index (χ0v) is 20.2. The van der Waals surface area contributed by atoms with E-state index in [1.165, 1.54) is 18.6 Å². The SMILES string of the molecule is CC1=C(C(=O)OC(CN2CCCCC2)c2ccccc2)C(c2cccc([N+](=O)[O-])c2)n2ccnc2N1. The lowest BCUT2D eigenvalue weighted by atomic mass is 9.95. The van der Waals surface area contributed by atoms with E-state index in [9.17, 15) is 14.9 Å². The number of fused-ring (bicyclic) bond motifs is 1. The maximum atomic E-state index is 13.9. The molecule has 0 bridgehead atoms. The van der Waals surface area contributed by atoms with Crippen LogP contribution in [0.3, 0.4) is 0 Å². The minimum absolute atomic E-state index is 0.0367. The van der Waals surface area contributed by atoms with Gasteiger partial charge in [0.25, 0.3) is 5.69 Å². The molecule has 2 aliphatic heterocycles. The van der Waals surface area contributed by atoms with Gasteiger partial charge >= 0.3 is 5.97 Å². The maximum absolute atomic E-state index is 13.9. The van der Waals surface area contributed by atoms with Crippen molar-refractivity contribution in [1.82, 2.24) is 14.5 Å². The molecule has 36 heavy (non-hydrogen) atoms. The van der Waals surface area contributed by atoms with E-state index in [0.717, 1.165) is 31.5 Å². The van der Waals surface area contributed by atoms with E-state index in [4.69, 9.17) is 4.74 Å². The Morgan fingerprint density at radius 1 is 1.17 bits per heavy atom. The largest absolute Gasteiger partial charge is 0.453 e. The molecule has 2 aromatic carbocycles. The molecular weight excluding hydrogens is 458 g/mol. The van der Waals surface area contributed by atoms with E-state index in [0.29, 0.717) is 29.3 Å². The van der Waals surface area contributed by atoms with Crippen molar-refractivity contribution >= 4 is 17.6 Å². The molecule has 2 aliphatic rings. The lowest BCUT2D eigenvalue weighted by Gasteiger charge is -2.33. The smallest absolute Gasteiger partial charge is 0.338 e. The van der Waals surface area contributed by atoms with Crippen LogP contribution in [-0.2, 0) is 9.53 Å². The van der Waals surface area contributed by atoms with E-state index in [2.05, 4.69) is 15.2 Å². The first kappa shape index (κ1) is 23.7. The summed E-state index contributed by atoms with van der Waals surface area (Å²) < 4.78 is 8.03. The Bertz CT molecular complexity index is 1280. The standard InChI is InChI=1S/C27H29N5O4/c1-19-24(25(31-16-13-28-27(31)29-19)21-11-8-12-22(17-21)32(34)35)26(33)36-23(20-9-4-2-5-10-20)18-30-14-6-3-7-15-30/h2,4-5,8-13,16-17,23,25H,3,6-7,14-15,18H2,1H3,(H,28,29). The molecule has 1 N–H and O–H groups in total. The zero-order chi connectivity index (χ0) is 25.1. The first-order valence-electron chi connectivity index (χ1n) is 12.2. The molecule has 0 saturated carbocycles. The number of nitrogens with zero attached hydrogens (tertiary/aromatic N) is 4. The quantitative estimate of drug-likeness (QED) is 0.289. The Balaban J connectivity index is 1.49. The van der Waals surface area contributed by atoms with E-state index in [1.54, 1.807) is 31.5 Å². The Morgan fingerprint density at radius 3 is 2.69 bits per heavy atom. The summed E-state index contributed by atoms with van der Waals surface area (Å²) in [6.45, 7) is 4.40. The first-order chi connectivity index (χ1) is 17.5. The third-order valence-electron chi connectivity index (χ3n) is 6.83. The van der Waals surface area contributed by atoms with Crippen molar-refractivity contribution in [3.8, 4) is 0 Å². The van der Waals surface area contributed by atoms with Crippen LogP contribution in [0.1, 0.15) is 49.5 Å². The molecule has 186 valence electrons. The van der Waals surface area contributed by atoms with Gasteiger partial charge in [-0.3, -0.25) is 15.0 Å². The fourth-order valence-electron chi connectivity index (χ4n) is 5.05. The summed E-state index contributed by atoms with van der Waals surface area (Å²) in [5, 5.41) is 14.7. The van der Waals surface area contributed by atoms with Gasteiger partial charge in [-0.05, 0) is 44.0 Å². The summed E-state index contributed by atoms with van der Waals surface area (Å²) in [6.07, 6.45) is 6.46. The highest BCUT2D eigenvalue weighted by molar-refractivity contribution is 5.92. The number of rotatable bonds is 7. The average Bonchev–Trinajstić information content (AvgIpc) is 3.36. The number of esters is 1. The van der Waals surface area contributed by atoms with E-state index in [1.807, 2.05) is 34.9 Å². The van der Waals surface area contributed by atoms with Crippen LogP contribution in [0, 0.1) is 10.1 Å². The number of aromatic nitrogens is 2. The van der Waals surface area contributed by atoms with Gasteiger partial charge in [0, 0.05) is 36.8 Å². The molecule has 0 aliphatic carbocycles. The number of nitro groups is 1. The van der Waals surface area contributed by atoms with Crippen LogP contribution in [0.4, 0.5) is 11.6 Å².